The molecule has 1 aliphatic heterocycles. The first-order valence-electron chi connectivity index (χ1n) is 8.19. The van der Waals surface area contributed by atoms with E-state index in [0.29, 0.717) is 13.1 Å². The Kier molecular flexibility index (Phi) is 5.75. The molecule has 5 nitrogen and oxygen atoms in total. The number of thiazole rings is 1. The van der Waals surface area contributed by atoms with Crippen LogP contribution in [-0.2, 0) is 21.8 Å². The first-order chi connectivity index (χ1) is 12.0. The lowest BCUT2D eigenvalue weighted by molar-refractivity contribution is -0.137. The number of hydrogen-bond acceptors (Lipinski definition) is 5. The predicted molar refractivity (Wildman–Crippen MR) is 101 cm³/mol. The van der Waals surface area contributed by atoms with Crippen LogP contribution in [0.2, 0.25) is 0 Å². The third-order valence-corrected chi connectivity index (χ3v) is 6.23. The second-order valence-corrected chi connectivity index (χ2v) is 8.25. The van der Waals surface area contributed by atoms with E-state index in [-0.39, 0.29) is 24.8 Å². The molecule has 132 valence electrons. The fraction of sp³-hybridized carbons (Fsp3) is 0.389. The van der Waals surface area contributed by atoms with Crippen LogP contribution in [0.1, 0.15) is 22.4 Å². The molecule has 1 fully saturated rings. The molecule has 1 aromatic carbocycles. The standard InChI is InChI=1S/C18H21N3O2S2/c1-12-3-4-13(2)14(7-12)10-24-18-20-15(11-25-18)8-17(23)21-6-5-19-16(22)9-21/h3-4,7,11H,5-6,8-10H2,1-2H3,(H,19,22). The molecule has 0 unspecified atom stereocenters. The number of piperazine rings is 1. The number of aromatic nitrogens is 1. The quantitative estimate of drug-likeness (QED) is 0.816. The SMILES string of the molecule is Cc1ccc(C)c(CSc2nc(CC(=O)N3CCNC(=O)C3)cs2)c1. The number of amides is 2. The highest BCUT2D eigenvalue weighted by atomic mass is 32.2. The monoisotopic (exact) mass is 375 g/mol. The van der Waals surface area contributed by atoms with Gasteiger partial charge in [0.25, 0.3) is 0 Å². The van der Waals surface area contributed by atoms with Crippen LogP contribution in [0.4, 0.5) is 0 Å². The zero-order valence-electron chi connectivity index (χ0n) is 14.4. The molecule has 0 aliphatic carbocycles. The lowest BCUT2D eigenvalue weighted by atomic mass is 10.1. The van der Waals surface area contributed by atoms with Gasteiger partial charge < -0.3 is 10.2 Å². The zero-order chi connectivity index (χ0) is 17.8. The molecule has 2 amide bonds. The van der Waals surface area contributed by atoms with E-state index in [1.54, 1.807) is 28.0 Å². The molecule has 0 bridgehead atoms. The van der Waals surface area contributed by atoms with Crippen molar-refractivity contribution < 1.29 is 9.59 Å². The molecule has 25 heavy (non-hydrogen) atoms. The largest absolute Gasteiger partial charge is 0.353 e. The molecule has 1 N–H and O–H groups in total. The van der Waals surface area contributed by atoms with E-state index in [0.717, 1.165) is 15.8 Å². The zero-order valence-corrected chi connectivity index (χ0v) is 16.0. The van der Waals surface area contributed by atoms with Crippen LogP contribution < -0.4 is 5.32 Å². The summed E-state index contributed by atoms with van der Waals surface area (Å²) in [6.45, 7) is 5.47. The minimum Gasteiger partial charge on any atom is -0.353 e. The van der Waals surface area contributed by atoms with Gasteiger partial charge in [-0.05, 0) is 25.0 Å². The Bertz CT molecular complexity index is 788. The normalized spacial score (nSPS) is 14.5. The van der Waals surface area contributed by atoms with Crippen molar-refractivity contribution in [3.63, 3.8) is 0 Å². The van der Waals surface area contributed by atoms with Crippen LogP contribution in [-0.4, -0.2) is 41.3 Å². The summed E-state index contributed by atoms with van der Waals surface area (Å²) in [6, 6.07) is 6.48. The van der Waals surface area contributed by atoms with Crippen LogP contribution in [0, 0.1) is 13.8 Å². The van der Waals surface area contributed by atoms with Gasteiger partial charge >= 0.3 is 0 Å². The van der Waals surface area contributed by atoms with Gasteiger partial charge in [0.1, 0.15) is 4.34 Å². The van der Waals surface area contributed by atoms with Crippen LogP contribution in [0.3, 0.4) is 0 Å². The van der Waals surface area contributed by atoms with Gasteiger partial charge in [0.15, 0.2) is 0 Å². The van der Waals surface area contributed by atoms with Gasteiger partial charge in [-0.25, -0.2) is 4.98 Å². The molecule has 1 aromatic heterocycles. The Balaban J connectivity index is 1.56. The van der Waals surface area contributed by atoms with E-state index in [4.69, 9.17) is 0 Å². The van der Waals surface area contributed by atoms with Crippen molar-refractivity contribution in [3.05, 3.63) is 46.0 Å². The van der Waals surface area contributed by atoms with Gasteiger partial charge in [-0.3, -0.25) is 9.59 Å². The average Bonchev–Trinajstić information content (AvgIpc) is 3.03. The van der Waals surface area contributed by atoms with Crippen LogP contribution in [0.25, 0.3) is 0 Å². The first kappa shape index (κ1) is 17.9. The highest BCUT2D eigenvalue weighted by Gasteiger charge is 2.21. The van der Waals surface area contributed by atoms with Crippen molar-refractivity contribution in [1.29, 1.82) is 0 Å². The third-order valence-electron chi connectivity index (χ3n) is 4.11. The Morgan fingerprint density at radius 1 is 1.40 bits per heavy atom. The lowest BCUT2D eigenvalue weighted by Gasteiger charge is -2.26. The number of nitrogens with one attached hydrogen (secondary N) is 1. The Labute approximate surface area is 155 Å². The van der Waals surface area contributed by atoms with Crippen molar-refractivity contribution in [2.45, 2.75) is 30.4 Å². The van der Waals surface area contributed by atoms with Crippen LogP contribution in [0.15, 0.2) is 27.9 Å². The second kappa shape index (κ2) is 8.01. The predicted octanol–water partition coefficient (Wildman–Crippen LogP) is 2.55. The van der Waals surface area contributed by atoms with Gasteiger partial charge in [0.05, 0.1) is 18.7 Å². The molecule has 3 rings (SSSR count). The highest BCUT2D eigenvalue weighted by Crippen LogP contribution is 2.28. The van der Waals surface area contributed by atoms with Crippen molar-refractivity contribution in [2.75, 3.05) is 19.6 Å². The number of rotatable bonds is 5. The molecule has 0 radical (unpaired) electrons. The average molecular weight is 376 g/mol. The summed E-state index contributed by atoms with van der Waals surface area (Å²) in [5.74, 6) is 0.745. The highest BCUT2D eigenvalue weighted by molar-refractivity contribution is 8.00. The second-order valence-electron chi connectivity index (χ2n) is 6.17. The van der Waals surface area contributed by atoms with Gasteiger partial charge in [-0.2, -0.15) is 0 Å². The molecule has 0 spiro atoms. The Morgan fingerprint density at radius 2 is 2.24 bits per heavy atom. The molecular weight excluding hydrogens is 354 g/mol. The summed E-state index contributed by atoms with van der Waals surface area (Å²) in [4.78, 5) is 29.8. The first-order valence-corrected chi connectivity index (χ1v) is 10.1. The minimum atomic E-state index is -0.0948. The van der Waals surface area contributed by atoms with Crippen molar-refractivity contribution in [2.24, 2.45) is 0 Å². The maximum absolute atomic E-state index is 12.3. The van der Waals surface area contributed by atoms with E-state index in [1.807, 2.05) is 5.38 Å². The molecule has 2 aromatic rings. The summed E-state index contributed by atoms with van der Waals surface area (Å²) >= 11 is 3.27. The maximum Gasteiger partial charge on any atom is 0.239 e. The molecule has 7 heteroatoms. The van der Waals surface area contributed by atoms with E-state index in [9.17, 15) is 9.59 Å². The third kappa shape index (κ3) is 4.83. The van der Waals surface area contributed by atoms with Crippen molar-refractivity contribution >= 4 is 34.9 Å². The number of aryl methyl sites for hydroxylation is 2. The molecule has 1 aliphatic rings. The fourth-order valence-electron chi connectivity index (χ4n) is 2.65. The summed E-state index contributed by atoms with van der Waals surface area (Å²) in [6.07, 6.45) is 0.258. The Hall–Kier alpha value is -1.86. The number of thioether (sulfide) groups is 1. The molecule has 1 saturated heterocycles. The van der Waals surface area contributed by atoms with E-state index in [1.165, 1.54) is 16.7 Å². The summed E-state index contributed by atoms with van der Waals surface area (Å²) < 4.78 is 0.972. The van der Waals surface area contributed by atoms with E-state index in [2.05, 4.69) is 42.3 Å². The van der Waals surface area contributed by atoms with Gasteiger partial charge in [-0.1, -0.05) is 35.5 Å². The number of carbonyl (C=O) groups excluding carboxylic acids is 2. The van der Waals surface area contributed by atoms with Crippen molar-refractivity contribution in [1.82, 2.24) is 15.2 Å². The topological polar surface area (TPSA) is 62.3 Å². The van der Waals surface area contributed by atoms with Crippen LogP contribution in [0.5, 0.6) is 0 Å². The summed E-state index contributed by atoms with van der Waals surface area (Å²) in [5.41, 5.74) is 4.65. The maximum atomic E-state index is 12.3. The number of nitrogens with zero attached hydrogens (tertiary/aromatic N) is 2. The summed E-state index contributed by atoms with van der Waals surface area (Å²) in [5, 5.41) is 4.66. The van der Waals surface area contributed by atoms with Gasteiger partial charge in [0.2, 0.25) is 11.8 Å². The van der Waals surface area contributed by atoms with E-state index < -0.39 is 0 Å². The minimum absolute atomic E-state index is 0.0359. The molecule has 0 atom stereocenters. The molecular formula is C18H21N3O2S2. The van der Waals surface area contributed by atoms with Crippen molar-refractivity contribution in [3.8, 4) is 0 Å². The summed E-state index contributed by atoms with van der Waals surface area (Å²) in [7, 11) is 0. The van der Waals surface area contributed by atoms with E-state index >= 15 is 0 Å². The molecule has 0 saturated carbocycles. The van der Waals surface area contributed by atoms with Gasteiger partial charge in [0, 0.05) is 24.2 Å². The smallest absolute Gasteiger partial charge is 0.239 e. The van der Waals surface area contributed by atoms with Gasteiger partial charge in [-0.15, -0.1) is 11.3 Å². The Morgan fingerprint density at radius 3 is 3.04 bits per heavy atom. The number of carbonyl (C=O) groups is 2. The number of hydrogen-bond donors (Lipinski definition) is 1. The lowest BCUT2D eigenvalue weighted by Crippen LogP contribution is -2.50. The molecule has 2 heterocycles. The fourth-order valence-corrected chi connectivity index (χ4v) is 4.56. The van der Waals surface area contributed by atoms with Crippen LogP contribution >= 0.6 is 23.1 Å². The number of benzene rings is 1.